The lowest BCUT2D eigenvalue weighted by molar-refractivity contribution is 0.596. The van der Waals surface area contributed by atoms with Gasteiger partial charge in [-0.1, -0.05) is 45.0 Å². The van der Waals surface area contributed by atoms with E-state index in [1.54, 1.807) is 12.1 Å². The van der Waals surface area contributed by atoms with Crippen molar-refractivity contribution in [3.63, 3.8) is 0 Å². The Balaban J connectivity index is 2.11. The number of nitrogens with zero attached hydrogens (tertiary/aromatic N) is 4. The predicted octanol–water partition coefficient (Wildman–Crippen LogP) is 5.49. The van der Waals surface area contributed by atoms with Crippen LogP contribution in [0.2, 0.25) is 0 Å². The Labute approximate surface area is 163 Å². The number of hydrogen-bond acceptors (Lipinski definition) is 4. The normalized spacial score (nSPS) is 11.3. The van der Waals surface area contributed by atoms with Crippen LogP contribution in [0.15, 0.2) is 54.9 Å². The number of hydrogen-bond donors (Lipinski definition) is 0. The van der Waals surface area contributed by atoms with Crippen molar-refractivity contribution in [3.8, 4) is 23.4 Å². The summed E-state index contributed by atoms with van der Waals surface area (Å²) in [7, 11) is 0. The summed E-state index contributed by atoms with van der Waals surface area (Å²) in [5.41, 5.74) is 4.24. The molecule has 0 fully saturated rings. The topological polar surface area (TPSA) is 73.4 Å². The molecule has 4 heteroatoms. The minimum atomic E-state index is -0.0475. The number of aromatic nitrogens is 2. The van der Waals surface area contributed by atoms with E-state index >= 15 is 0 Å². The minimum Gasteiger partial charge on any atom is -0.236 e. The molecule has 28 heavy (non-hydrogen) atoms. The maximum atomic E-state index is 9.49. The number of benzene rings is 3. The number of fused-ring (bicyclic) bond motifs is 2. The first kappa shape index (κ1) is 17.6. The Morgan fingerprint density at radius 3 is 2.36 bits per heavy atom. The molecule has 0 N–H and O–H groups in total. The lowest BCUT2D eigenvalue weighted by atomic mass is 9.82. The van der Waals surface area contributed by atoms with Gasteiger partial charge < -0.3 is 0 Å². The Hall–Kier alpha value is -3.76. The van der Waals surface area contributed by atoms with E-state index in [2.05, 4.69) is 73.2 Å². The zero-order chi connectivity index (χ0) is 19.9. The summed E-state index contributed by atoms with van der Waals surface area (Å²) in [5, 5.41) is 21.9. The molecule has 0 aliphatic heterocycles. The lowest BCUT2D eigenvalue weighted by Gasteiger charge is -2.23. The second kappa shape index (κ2) is 6.44. The maximum absolute atomic E-state index is 9.49. The minimum absolute atomic E-state index is 0.0475. The van der Waals surface area contributed by atoms with E-state index in [0.29, 0.717) is 22.0 Å². The lowest BCUT2D eigenvalue weighted by Crippen LogP contribution is -2.12. The van der Waals surface area contributed by atoms with Crippen LogP contribution in [0.5, 0.6) is 0 Å². The average molecular weight is 362 g/mol. The Morgan fingerprint density at radius 2 is 1.64 bits per heavy atom. The highest BCUT2D eigenvalue weighted by atomic mass is 14.8. The van der Waals surface area contributed by atoms with E-state index in [9.17, 15) is 10.5 Å². The van der Waals surface area contributed by atoms with Crippen LogP contribution in [0.4, 0.5) is 0 Å². The molecule has 1 heterocycles. The number of rotatable bonds is 1. The fourth-order valence-corrected chi connectivity index (χ4v) is 3.62. The molecular weight excluding hydrogens is 344 g/mol. The van der Waals surface area contributed by atoms with E-state index in [-0.39, 0.29) is 5.41 Å². The van der Waals surface area contributed by atoms with Crippen LogP contribution in [-0.4, -0.2) is 9.97 Å². The van der Waals surface area contributed by atoms with Gasteiger partial charge in [0, 0.05) is 10.9 Å². The van der Waals surface area contributed by atoms with Crippen molar-refractivity contribution in [3.05, 3.63) is 71.5 Å². The smallest absolute Gasteiger partial charge is 0.116 e. The van der Waals surface area contributed by atoms with Gasteiger partial charge in [-0.25, -0.2) is 9.97 Å². The van der Waals surface area contributed by atoms with Crippen molar-refractivity contribution in [2.24, 2.45) is 0 Å². The molecule has 0 amide bonds. The Bertz CT molecular complexity index is 1310. The highest BCUT2D eigenvalue weighted by Crippen LogP contribution is 2.36. The molecule has 0 atom stereocenters. The molecule has 4 rings (SSSR count). The van der Waals surface area contributed by atoms with Crippen LogP contribution in [0.3, 0.4) is 0 Å². The second-order valence-electron chi connectivity index (χ2n) is 7.86. The summed E-state index contributed by atoms with van der Waals surface area (Å²) in [5.74, 6) is 0. The van der Waals surface area contributed by atoms with Crippen LogP contribution in [0.1, 0.15) is 37.5 Å². The maximum Gasteiger partial charge on any atom is 0.116 e. The Morgan fingerprint density at radius 1 is 0.857 bits per heavy atom. The monoisotopic (exact) mass is 362 g/mol. The van der Waals surface area contributed by atoms with Crippen molar-refractivity contribution >= 4 is 21.7 Å². The first-order valence-electron chi connectivity index (χ1n) is 9.05. The molecule has 0 radical (unpaired) electrons. The molecule has 4 aromatic rings. The highest BCUT2D eigenvalue weighted by molar-refractivity contribution is 5.99. The van der Waals surface area contributed by atoms with Gasteiger partial charge in [0.15, 0.2) is 0 Å². The molecule has 4 nitrogen and oxygen atoms in total. The summed E-state index contributed by atoms with van der Waals surface area (Å²) in [6.07, 6.45) is 1.48. The van der Waals surface area contributed by atoms with Gasteiger partial charge in [-0.2, -0.15) is 10.5 Å². The predicted molar refractivity (Wildman–Crippen MR) is 111 cm³/mol. The van der Waals surface area contributed by atoms with E-state index in [4.69, 9.17) is 0 Å². The zero-order valence-corrected chi connectivity index (χ0v) is 16.0. The molecule has 1 aromatic heterocycles. The SMILES string of the molecule is CC(C)(C)c1cc(-c2ncnc3c(C#N)cc(C#N)cc23)cc2ccccc12. The molecule has 0 spiro atoms. The average Bonchev–Trinajstić information content (AvgIpc) is 2.70. The van der Waals surface area contributed by atoms with Crippen LogP contribution in [0.25, 0.3) is 32.9 Å². The van der Waals surface area contributed by atoms with E-state index in [0.717, 1.165) is 16.6 Å². The van der Waals surface area contributed by atoms with E-state index in [1.165, 1.54) is 17.3 Å². The van der Waals surface area contributed by atoms with Crippen molar-refractivity contribution < 1.29 is 0 Å². The second-order valence-corrected chi connectivity index (χ2v) is 7.86. The highest BCUT2D eigenvalue weighted by Gasteiger charge is 2.20. The third kappa shape index (κ3) is 2.86. The first-order chi connectivity index (χ1) is 13.4. The van der Waals surface area contributed by atoms with E-state index < -0.39 is 0 Å². The summed E-state index contributed by atoms with van der Waals surface area (Å²) < 4.78 is 0. The molecule has 0 saturated carbocycles. The standard InChI is InChI=1S/C24H18N4/c1-24(2,3)21-11-17(10-16-6-4-5-7-19(16)21)22-20-9-15(12-25)8-18(13-26)23(20)28-14-27-22/h4-11,14H,1-3H3. The van der Waals surface area contributed by atoms with Gasteiger partial charge in [-0.3, -0.25) is 0 Å². The van der Waals surface area contributed by atoms with Gasteiger partial charge >= 0.3 is 0 Å². The van der Waals surface area contributed by atoms with E-state index in [1.807, 2.05) is 6.07 Å². The Kier molecular flexibility index (Phi) is 4.06. The van der Waals surface area contributed by atoms with Crippen LogP contribution < -0.4 is 0 Å². The summed E-state index contributed by atoms with van der Waals surface area (Å²) in [6, 6.07) is 20.2. The molecule has 0 bridgehead atoms. The van der Waals surface area contributed by atoms with Crippen molar-refractivity contribution in [1.82, 2.24) is 9.97 Å². The summed E-state index contributed by atoms with van der Waals surface area (Å²) in [6.45, 7) is 6.58. The largest absolute Gasteiger partial charge is 0.236 e. The molecule has 0 aliphatic rings. The van der Waals surface area contributed by atoms with Gasteiger partial charge in [0.25, 0.3) is 0 Å². The summed E-state index contributed by atoms with van der Waals surface area (Å²) >= 11 is 0. The third-order valence-corrected chi connectivity index (χ3v) is 4.93. The number of nitriles is 2. The van der Waals surface area contributed by atoms with Gasteiger partial charge in [-0.15, -0.1) is 0 Å². The fourth-order valence-electron chi connectivity index (χ4n) is 3.62. The zero-order valence-electron chi connectivity index (χ0n) is 16.0. The molecule has 3 aromatic carbocycles. The van der Waals surface area contributed by atoms with Gasteiger partial charge in [0.1, 0.15) is 12.4 Å². The van der Waals surface area contributed by atoms with Crippen LogP contribution >= 0.6 is 0 Å². The third-order valence-electron chi connectivity index (χ3n) is 4.93. The van der Waals surface area contributed by atoms with Gasteiger partial charge in [0.2, 0.25) is 0 Å². The van der Waals surface area contributed by atoms with Crippen molar-refractivity contribution in [1.29, 1.82) is 10.5 Å². The molecule has 134 valence electrons. The molecule has 0 saturated heterocycles. The first-order valence-corrected chi connectivity index (χ1v) is 9.05. The van der Waals surface area contributed by atoms with Crippen molar-refractivity contribution in [2.45, 2.75) is 26.2 Å². The molecule has 0 aliphatic carbocycles. The van der Waals surface area contributed by atoms with Crippen molar-refractivity contribution in [2.75, 3.05) is 0 Å². The van der Waals surface area contributed by atoms with Gasteiger partial charge in [-0.05, 0) is 46.0 Å². The molecule has 0 unspecified atom stereocenters. The quantitative estimate of drug-likeness (QED) is 0.449. The van der Waals surface area contributed by atoms with Gasteiger partial charge in [0.05, 0.1) is 28.4 Å². The molecular formula is C24H18N4. The van der Waals surface area contributed by atoms with Crippen LogP contribution in [0, 0.1) is 22.7 Å². The fraction of sp³-hybridized carbons (Fsp3) is 0.167. The summed E-state index contributed by atoms with van der Waals surface area (Å²) in [4.78, 5) is 8.83. The van der Waals surface area contributed by atoms with Crippen LogP contribution in [-0.2, 0) is 5.41 Å².